The molecule has 1 aliphatic heterocycles. The summed E-state index contributed by atoms with van der Waals surface area (Å²) < 4.78 is 5.84. The monoisotopic (exact) mass is 202 g/mol. The summed E-state index contributed by atoms with van der Waals surface area (Å²) in [5, 5.41) is 4.49. The van der Waals surface area contributed by atoms with Crippen molar-refractivity contribution in [2.75, 3.05) is 13.1 Å². The Balaban J connectivity index is 1.84. The first-order valence-electron chi connectivity index (χ1n) is 5.37. The highest BCUT2D eigenvalue weighted by Crippen LogP contribution is 2.21. The van der Waals surface area contributed by atoms with Gasteiger partial charge in [-0.1, -0.05) is 18.2 Å². The van der Waals surface area contributed by atoms with Crippen LogP contribution < -0.4 is 10.1 Å². The molecule has 1 atom stereocenters. The third kappa shape index (κ3) is 1.70. The van der Waals surface area contributed by atoms with Crippen LogP contribution in [0.2, 0.25) is 0 Å². The van der Waals surface area contributed by atoms with Gasteiger partial charge < -0.3 is 15.0 Å². The van der Waals surface area contributed by atoms with Gasteiger partial charge in [0.15, 0.2) is 5.88 Å². The maximum absolute atomic E-state index is 5.84. The maximum Gasteiger partial charge on any atom is 0.192 e. The zero-order valence-electron chi connectivity index (χ0n) is 8.49. The fourth-order valence-corrected chi connectivity index (χ4v) is 2.02. The van der Waals surface area contributed by atoms with E-state index in [2.05, 4.69) is 28.5 Å². The van der Waals surface area contributed by atoms with E-state index in [1.807, 2.05) is 12.1 Å². The van der Waals surface area contributed by atoms with Crippen molar-refractivity contribution in [2.24, 2.45) is 0 Å². The highest BCUT2D eigenvalue weighted by atomic mass is 16.5. The number of benzene rings is 1. The van der Waals surface area contributed by atoms with Gasteiger partial charge in [0, 0.05) is 23.5 Å². The van der Waals surface area contributed by atoms with Gasteiger partial charge in [0.05, 0.1) is 0 Å². The SMILES string of the molecule is c1ccc2[nH]c(OC3CCNC3)cc2c1. The molecule has 3 nitrogen and oxygen atoms in total. The van der Waals surface area contributed by atoms with Crippen molar-refractivity contribution >= 4 is 10.9 Å². The molecule has 15 heavy (non-hydrogen) atoms. The number of ether oxygens (including phenoxy) is 1. The molecular weight excluding hydrogens is 188 g/mol. The van der Waals surface area contributed by atoms with Crippen molar-refractivity contribution in [1.29, 1.82) is 0 Å². The van der Waals surface area contributed by atoms with Gasteiger partial charge in [0.25, 0.3) is 0 Å². The van der Waals surface area contributed by atoms with Crippen LogP contribution >= 0.6 is 0 Å². The second-order valence-corrected chi connectivity index (χ2v) is 3.95. The van der Waals surface area contributed by atoms with Crippen LogP contribution in [0.15, 0.2) is 30.3 Å². The zero-order valence-corrected chi connectivity index (χ0v) is 8.49. The van der Waals surface area contributed by atoms with E-state index in [1.54, 1.807) is 0 Å². The zero-order chi connectivity index (χ0) is 10.1. The number of para-hydroxylation sites is 1. The van der Waals surface area contributed by atoms with Crippen LogP contribution in [0.1, 0.15) is 6.42 Å². The van der Waals surface area contributed by atoms with Gasteiger partial charge in [-0.3, -0.25) is 0 Å². The third-order valence-corrected chi connectivity index (χ3v) is 2.81. The molecule has 1 saturated heterocycles. The molecule has 3 heteroatoms. The van der Waals surface area contributed by atoms with E-state index >= 15 is 0 Å². The Bertz CT molecular complexity index is 424. The Labute approximate surface area is 88.4 Å². The van der Waals surface area contributed by atoms with Crippen molar-refractivity contribution in [3.63, 3.8) is 0 Å². The summed E-state index contributed by atoms with van der Waals surface area (Å²) in [5.41, 5.74) is 1.14. The van der Waals surface area contributed by atoms with Crippen LogP contribution in [0, 0.1) is 0 Å². The third-order valence-electron chi connectivity index (χ3n) is 2.81. The number of H-pyrrole nitrogens is 1. The number of hydrogen-bond donors (Lipinski definition) is 2. The molecule has 0 spiro atoms. The van der Waals surface area contributed by atoms with Crippen LogP contribution in [0.3, 0.4) is 0 Å². The smallest absolute Gasteiger partial charge is 0.192 e. The summed E-state index contributed by atoms with van der Waals surface area (Å²) in [7, 11) is 0. The molecule has 3 rings (SSSR count). The maximum atomic E-state index is 5.84. The Morgan fingerprint density at radius 2 is 2.20 bits per heavy atom. The molecule has 1 aliphatic rings. The normalized spacial score (nSPS) is 20.9. The summed E-state index contributed by atoms with van der Waals surface area (Å²) >= 11 is 0. The Hall–Kier alpha value is -1.48. The van der Waals surface area contributed by atoms with E-state index in [9.17, 15) is 0 Å². The van der Waals surface area contributed by atoms with Gasteiger partial charge >= 0.3 is 0 Å². The molecule has 2 heterocycles. The first-order valence-corrected chi connectivity index (χ1v) is 5.37. The molecule has 78 valence electrons. The molecule has 1 unspecified atom stereocenters. The fraction of sp³-hybridized carbons (Fsp3) is 0.333. The van der Waals surface area contributed by atoms with E-state index < -0.39 is 0 Å². The van der Waals surface area contributed by atoms with Crippen molar-refractivity contribution in [1.82, 2.24) is 10.3 Å². The highest BCUT2D eigenvalue weighted by molar-refractivity contribution is 5.81. The molecule has 2 N–H and O–H groups in total. The van der Waals surface area contributed by atoms with E-state index in [0.29, 0.717) is 6.10 Å². The van der Waals surface area contributed by atoms with E-state index in [-0.39, 0.29) is 0 Å². The first-order chi connectivity index (χ1) is 7.42. The molecule has 0 amide bonds. The number of aromatic amines is 1. The lowest BCUT2D eigenvalue weighted by molar-refractivity contribution is 0.216. The molecule has 2 aromatic rings. The van der Waals surface area contributed by atoms with Crippen LogP contribution in [0.4, 0.5) is 0 Å². The summed E-state index contributed by atoms with van der Waals surface area (Å²) in [6, 6.07) is 10.3. The molecule has 0 radical (unpaired) electrons. The Kier molecular flexibility index (Phi) is 2.10. The standard InChI is InChI=1S/C12H14N2O/c1-2-4-11-9(3-1)7-12(14-11)15-10-5-6-13-8-10/h1-4,7,10,13-14H,5-6,8H2. The van der Waals surface area contributed by atoms with Crippen molar-refractivity contribution in [2.45, 2.75) is 12.5 Å². The quantitative estimate of drug-likeness (QED) is 0.780. The lowest BCUT2D eigenvalue weighted by Crippen LogP contribution is -2.19. The average Bonchev–Trinajstić information content (AvgIpc) is 2.86. The van der Waals surface area contributed by atoms with Gasteiger partial charge in [-0.2, -0.15) is 0 Å². The topological polar surface area (TPSA) is 37.0 Å². The number of rotatable bonds is 2. The number of fused-ring (bicyclic) bond motifs is 1. The van der Waals surface area contributed by atoms with Gasteiger partial charge in [-0.25, -0.2) is 0 Å². The van der Waals surface area contributed by atoms with Crippen molar-refractivity contribution < 1.29 is 4.74 Å². The van der Waals surface area contributed by atoms with Gasteiger partial charge in [0.1, 0.15) is 6.10 Å². The lowest BCUT2D eigenvalue weighted by atomic mass is 10.2. The molecule has 1 fully saturated rings. The number of nitrogens with one attached hydrogen (secondary N) is 2. The summed E-state index contributed by atoms with van der Waals surface area (Å²) in [6.07, 6.45) is 1.41. The highest BCUT2D eigenvalue weighted by Gasteiger charge is 2.16. The largest absolute Gasteiger partial charge is 0.474 e. The molecule has 0 bridgehead atoms. The number of hydrogen-bond acceptors (Lipinski definition) is 2. The van der Waals surface area contributed by atoms with Crippen LogP contribution in [-0.4, -0.2) is 24.2 Å². The van der Waals surface area contributed by atoms with Crippen molar-refractivity contribution in [3.05, 3.63) is 30.3 Å². The van der Waals surface area contributed by atoms with Crippen molar-refractivity contribution in [3.8, 4) is 5.88 Å². The molecule has 0 saturated carbocycles. The molecule has 1 aromatic heterocycles. The predicted octanol–water partition coefficient (Wildman–Crippen LogP) is 1.91. The Morgan fingerprint density at radius 1 is 1.27 bits per heavy atom. The van der Waals surface area contributed by atoms with Gasteiger partial charge in [-0.05, 0) is 19.0 Å². The van der Waals surface area contributed by atoms with Gasteiger partial charge in [0.2, 0.25) is 0 Å². The van der Waals surface area contributed by atoms with Gasteiger partial charge in [-0.15, -0.1) is 0 Å². The molecular formula is C12H14N2O. The fourth-order valence-electron chi connectivity index (χ4n) is 2.02. The minimum absolute atomic E-state index is 0.318. The second-order valence-electron chi connectivity index (χ2n) is 3.95. The summed E-state index contributed by atoms with van der Waals surface area (Å²) in [5.74, 6) is 0.880. The minimum Gasteiger partial charge on any atom is -0.474 e. The van der Waals surface area contributed by atoms with Crippen LogP contribution in [-0.2, 0) is 0 Å². The van der Waals surface area contributed by atoms with E-state index in [0.717, 1.165) is 30.9 Å². The lowest BCUT2D eigenvalue weighted by Gasteiger charge is -2.09. The van der Waals surface area contributed by atoms with E-state index in [1.165, 1.54) is 5.39 Å². The number of aromatic nitrogens is 1. The average molecular weight is 202 g/mol. The molecule has 0 aliphatic carbocycles. The minimum atomic E-state index is 0.318. The predicted molar refractivity (Wildman–Crippen MR) is 60.2 cm³/mol. The van der Waals surface area contributed by atoms with Crippen LogP contribution in [0.5, 0.6) is 5.88 Å². The first kappa shape index (κ1) is 8.80. The summed E-state index contributed by atoms with van der Waals surface area (Å²) in [4.78, 5) is 3.27. The van der Waals surface area contributed by atoms with Crippen LogP contribution in [0.25, 0.3) is 10.9 Å². The molecule has 1 aromatic carbocycles. The Morgan fingerprint density at radius 3 is 3.00 bits per heavy atom. The van der Waals surface area contributed by atoms with E-state index in [4.69, 9.17) is 4.74 Å². The second kappa shape index (κ2) is 3.59. The summed E-state index contributed by atoms with van der Waals surface area (Å²) in [6.45, 7) is 2.01.